The number of likely N-dealkylation sites (N-methyl/N-ethyl adjacent to an activating group) is 1. The zero-order valence-electron chi connectivity index (χ0n) is 13.3. The highest BCUT2D eigenvalue weighted by Crippen LogP contribution is 2.28. The lowest BCUT2D eigenvalue weighted by Gasteiger charge is -2.42. The van der Waals surface area contributed by atoms with Crippen LogP contribution in [0.2, 0.25) is 0 Å². The summed E-state index contributed by atoms with van der Waals surface area (Å²) in [6.07, 6.45) is 3.26. The molecule has 0 aliphatic carbocycles. The molecule has 0 saturated carbocycles. The van der Waals surface area contributed by atoms with Crippen molar-refractivity contribution in [1.82, 2.24) is 4.90 Å². The van der Waals surface area contributed by atoms with Crippen LogP contribution >= 0.6 is 0 Å². The topological polar surface area (TPSA) is 29.3 Å². The van der Waals surface area contributed by atoms with Gasteiger partial charge in [-0.2, -0.15) is 0 Å². The highest BCUT2D eigenvalue weighted by Gasteiger charge is 2.32. The molecule has 0 heterocycles. The quantitative estimate of drug-likeness (QED) is 0.785. The van der Waals surface area contributed by atoms with E-state index in [0.717, 1.165) is 31.4 Å². The summed E-state index contributed by atoms with van der Waals surface area (Å²) >= 11 is 0. The number of benzene rings is 1. The predicted molar refractivity (Wildman–Crippen MR) is 84.0 cm³/mol. The zero-order chi connectivity index (χ0) is 15.2. The van der Waals surface area contributed by atoms with Crippen molar-refractivity contribution in [1.29, 1.82) is 0 Å². The largest absolute Gasteiger partial charge is 0.329 e. The van der Waals surface area contributed by atoms with Crippen molar-refractivity contribution in [3.8, 4) is 0 Å². The first kappa shape index (κ1) is 17.1. The van der Waals surface area contributed by atoms with Crippen molar-refractivity contribution >= 4 is 0 Å². The van der Waals surface area contributed by atoms with Crippen molar-refractivity contribution in [2.24, 2.45) is 11.7 Å². The van der Waals surface area contributed by atoms with E-state index in [1.54, 1.807) is 12.1 Å². The van der Waals surface area contributed by atoms with Gasteiger partial charge in [-0.25, -0.2) is 4.39 Å². The lowest BCUT2D eigenvalue weighted by molar-refractivity contribution is 0.0854. The van der Waals surface area contributed by atoms with E-state index in [2.05, 4.69) is 32.7 Å². The second kappa shape index (κ2) is 7.75. The third-order valence-electron chi connectivity index (χ3n) is 4.58. The van der Waals surface area contributed by atoms with Gasteiger partial charge in [-0.05, 0) is 43.5 Å². The molecule has 0 fully saturated rings. The van der Waals surface area contributed by atoms with Gasteiger partial charge in [-0.15, -0.1) is 0 Å². The third-order valence-corrected chi connectivity index (χ3v) is 4.58. The van der Waals surface area contributed by atoms with Crippen LogP contribution in [0.4, 0.5) is 4.39 Å². The number of hydrogen-bond acceptors (Lipinski definition) is 2. The second-order valence-electron chi connectivity index (χ2n) is 5.99. The fourth-order valence-electron chi connectivity index (χ4n) is 2.82. The summed E-state index contributed by atoms with van der Waals surface area (Å²) in [7, 11) is 2.10. The van der Waals surface area contributed by atoms with Crippen LogP contribution in [0.15, 0.2) is 24.3 Å². The molecule has 0 aliphatic rings. The molecule has 2 N–H and O–H groups in total. The van der Waals surface area contributed by atoms with E-state index < -0.39 is 0 Å². The van der Waals surface area contributed by atoms with Crippen molar-refractivity contribution in [3.05, 3.63) is 35.6 Å². The van der Waals surface area contributed by atoms with Gasteiger partial charge >= 0.3 is 0 Å². The number of hydrogen-bond donors (Lipinski definition) is 1. The SMILES string of the molecule is CCC(C)CC(CC)(CN)N(C)Cc1cccc(F)c1. The lowest BCUT2D eigenvalue weighted by atomic mass is 9.83. The first-order chi connectivity index (χ1) is 9.47. The van der Waals surface area contributed by atoms with Crippen molar-refractivity contribution in [3.63, 3.8) is 0 Å². The van der Waals surface area contributed by atoms with Crippen LogP contribution in [-0.2, 0) is 6.54 Å². The van der Waals surface area contributed by atoms with Gasteiger partial charge in [0.15, 0.2) is 0 Å². The minimum Gasteiger partial charge on any atom is -0.329 e. The summed E-state index contributed by atoms with van der Waals surface area (Å²) in [5, 5.41) is 0. The molecular weight excluding hydrogens is 251 g/mol. The molecule has 1 aromatic carbocycles. The lowest BCUT2D eigenvalue weighted by Crippen LogP contribution is -2.52. The highest BCUT2D eigenvalue weighted by atomic mass is 19.1. The van der Waals surface area contributed by atoms with Crippen LogP contribution < -0.4 is 5.73 Å². The Kier molecular flexibility index (Phi) is 6.63. The van der Waals surface area contributed by atoms with E-state index in [1.807, 2.05) is 6.07 Å². The van der Waals surface area contributed by atoms with E-state index in [-0.39, 0.29) is 11.4 Å². The molecule has 0 saturated heterocycles. The Balaban J connectivity index is 2.85. The fraction of sp³-hybridized carbons (Fsp3) is 0.647. The van der Waals surface area contributed by atoms with Crippen molar-refractivity contribution in [2.75, 3.05) is 13.6 Å². The van der Waals surface area contributed by atoms with E-state index in [0.29, 0.717) is 12.5 Å². The molecule has 20 heavy (non-hydrogen) atoms. The van der Waals surface area contributed by atoms with Gasteiger partial charge in [0, 0.05) is 18.6 Å². The van der Waals surface area contributed by atoms with E-state index >= 15 is 0 Å². The third kappa shape index (κ3) is 4.29. The molecule has 2 atom stereocenters. The first-order valence-electron chi connectivity index (χ1n) is 7.63. The van der Waals surface area contributed by atoms with Crippen LogP contribution in [0.1, 0.15) is 45.6 Å². The number of rotatable bonds is 8. The van der Waals surface area contributed by atoms with Gasteiger partial charge in [-0.1, -0.05) is 39.3 Å². The Morgan fingerprint density at radius 2 is 2.05 bits per heavy atom. The smallest absolute Gasteiger partial charge is 0.123 e. The monoisotopic (exact) mass is 280 g/mol. The molecule has 114 valence electrons. The van der Waals surface area contributed by atoms with Crippen LogP contribution in [0.3, 0.4) is 0 Å². The summed E-state index contributed by atoms with van der Waals surface area (Å²) in [6.45, 7) is 8.06. The van der Waals surface area contributed by atoms with E-state index in [1.165, 1.54) is 6.07 Å². The molecule has 3 heteroatoms. The standard InChI is InChI=1S/C17H29FN2/c1-5-14(3)11-17(6-2,13-19)20(4)12-15-8-7-9-16(18)10-15/h7-10,14H,5-6,11-13,19H2,1-4H3. The average Bonchev–Trinajstić information content (AvgIpc) is 2.44. The Morgan fingerprint density at radius 1 is 1.35 bits per heavy atom. The zero-order valence-corrected chi connectivity index (χ0v) is 13.3. The minimum atomic E-state index is -0.173. The van der Waals surface area contributed by atoms with Gasteiger partial charge in [0.25, 0.3) is 0 Å². The van der Waals surface area contributed by atoms with Crippen molar-refractivity contribution < 1.29 is 4.39 Å². The normalized spacial score (nSPS) is 16.1. The minimum absolute atomic E-state index is 0.00173. The first-order valence-corrected chi connectivity index (χ1v) is 7.63. The Bertz CT molecular complexity index is 402. The van der Waals surface area contributed by atoms with Crippen LogP contribution in [0, 0.1) is 11.7 Å². The molecule has 0 aromatic heterocycles. The van der Waals surface area contributed by atoms with E-state index in [9.17, 15) is 4.39 Å². The molecule has 0 radical (unpaired) electrons. The summed E-state index contributed by atoms with van der Waals surface area (Å²) in [5.41, 5.74) is 7.09. The maximum atomic E-state index is 13.3. The molecule has 0 aliphatic heterocycles. The van der Waals surface area contributed by atoms with Crippen LogP contribution in [0.5, 0.6) is 0 Å². The molecule has 2 unspecified atom stereocenters. The average molecular weight is 280 g/mol. The predicted octanol–water partition coefficient (Wildman–Crippen LogP) is 3.80. The van der Waals surface area contributed by atoms with Gasteiger partial charge in [0.1, 0.15) is 5.82 Å². The Hall–Kier alpha value is -0.930. The Labute approximate surface area is 123 Å². The highest BCUT2D eigenvalue weighted by molar-refractivity contribution is 5.16. The summed E-state index contributed by atoms with van der Waals surface area (Å²) in [5.74, 6) is 0.473. The summed E-state index contributed by atoms with van der Waals surface area (Å²) in [6, 6.07) is 6.83. The van der Waals surface area contributed by atoms with Gasteiger partial charge < -0.3 is 5.73 Å². The molecule has 1 rings (SSSR count). The fourth-order valence-corrected chi connectivity index (χ4v) is 2.82. The molecule has 0 bridgehead atoms. The second-order valence-corrected chi connectivity index (χ2v) is 5.99. The molecule has 1 aromatic rings. The molecule has 0 spiro atoms. The molecule has 0 amide bonds. The van der Waals surface area contributed by atoms with E-state index in [4.69, 9.17) is 5.73 Å². The summed E-state index contributed by atoms with van der Waals surface area (Å²) in [4.78, 5) is 2.30. The van der Waals surface area contributed by atoms with Crippen LogP contribution in [-0.4, -0.2) is 24.0 Å². The van der Waals surface area contributed by atoms with Crippen molar-refractivity contribution in [2.45, 2.75) is 52.1 Å². The number of halogens is 1. The van der Waals surface area contributed by atoms with Gasteiger partial charge in [-0.3, -0.25) is 4.90 Å². The summed E-state index contributed by atoms with van der Waals surface area (Å²) < 4.78 is 13.3. The van der Waals surface area contributed by atoms with Gasteiger partial charge in [0.05, 0.1) is 0 Å². The Morgan fingerprint density at radius 3 is 2.55 bits per heavy atom. The maximum Gasteiger partial charge on any atom is 0.123 e. The van der Waals surface area contributed by atoms with Crippen LogP contribution in [0.25, 0.3) is 0 Å². The number of nitrogens with zero attached hydrogens (tertiary/aromatic N) is 1. The number of nitrogens with two attached hydrogens (primary N) is 1. The van der Waals surface area contributed by atoms with Gasteiger partial charge in [0.2, 0.25) is 0 Å². The molecular formula is C17H29FN2. The molecule has 2 nitrogen and oxygen atoms in total. The maximum absolute atomic E-state index is 13.3.